The van der Waals surface area contributed by atoms with E-state index in [1.807, 2.05) is 26.0 Å². The van der Waals surface area contributed by atoms with Crippen molar-refractivity contribution in [2.45, 2.75) is 20.3 Å². The predicted octanol–water partition coefficient (Wildman–Crippen LogP) is 4.15. The molecule has 0 fully saturated rings. The van der Waals surface area contributed by atoms with Gasteiger partial charge < -0.3 is 15.1 Å². The molecule has 27 heavy (non-hydrogen) atoms. The number of para-hydroxylation sites is 1. The third-order valence-corrected chi connectivity index (χ3v) is 4.47. The summed E-state index contributed by atoms with van der Waals surface area (Å²) in [4.78, 5) is 24.8. The zero-order valence-corrected chi connectivity index (χ0v) is 15.5. The lowest BCUT2D eigenvalue weighted by Gasteiger charge is -2.10. The lowest BCUT2D eigenvalue weighted by Crippen LogP contribution is -2.25. The first-order chi connectivity index (χ1) is 13.0. The van der Waals surface area contributed by atoms with Crippen LogP contribution in [0.5, 0.6) is 0 Å². The average molecular weight is 362 g/mol. The van der Waals surface area contributed by atoms with Gasteiger partial charge in [0, 0.05) is 17.5 Å². The van der Waals surface area contributed by atoms with E-state index in [0.29, 0.717) is 17.8 Å². The Kier molecular flexibility index (Phi) is 5.41. The second-order valence-electron chi connectivity index (χ2n) is 6.46. The number of hydrogen-bond donors (Lipinski definition) is 2. The summed E-state index contributed by atoms with van der Waals surface area (Å²) < 4.78 is 5.59. The van der Waals surface area contributed by atoms with Crippen molar-refractivity contribution in [3.8, 4) is 0 Å². The Morgan fingerprint density at radius 1 is 1.15 bits per heavy atom. The van der Waals surface area contributed by atoms with Gasteiger partial charge in [-0.15, -0.1) is 6.58 Å². The monoisotopic (exact) mass is 362 g/mol. The zero-order chi connectivity index (χ0) is 19.4. The summed E-state index contributed by atoms with van der Waals surface area (Å²) in [6.45, 7) is 8.00. The van der Waals surface area contributed by atoms with Gasteiger partial charge in [-0.25, -0.2) is 0 Å². The van der Waals surface area contributed by atoms with Gasteiger partial charge in [-0.05, 0) is 49.2 Å². The van der Waals surface area contributed by atoms with Crippen LogP contribution >= 0.6 is 0 Å². The van der Waals surface area contributed by atoms with Crippen LogP contribution in [0, 0.1) is 13.8 Å². The summed E-state index contributed by atoms with van der Waals surface area (Å²) in [6, 6.07) is 10.9. The number of anilines is 1. The molecule has 2 amide bonds. The molecule has 0 saturated heterocycles. The standard InChI is InChI=1S/C22H22N2O3/c1-4-9-23-22(26)17-7-5-6-8-19(17)24-21(25)12-16-13-27-20-11-15(3)14(2)10-18(16)20/h4-8,10-11,13H,1,9,12H2,2-3H3,(H,23,26)(H,24,25). The van der Waals surface area contributed by atoms with Crippen molar-refractivity contribution in [2.75, 3.05) is 11.9 Å². The molecule has 1 aromatic heterocycles. The van der Waals surface area contributed by atoms with Crippen LogP contribution in [-0.4, -0.2) is 18.4 Å². The highest BCUT2D eigenvalue weighted by atomic mass is 16.3. The number of furan rings is 1. The summed E-state index contributed by atoms with van der Waals surface area (Å²) in [5.41, 5.74) is 4.77. The van der Waals surface area contributed by atoms with Gasteiger partial charge in [0.05, 0.1) is 23.9 Å². The number of hydrogen-bond acceptors (Lipinski definition) is 3. The van der Waals surface area contributed by atoms with E-state index in [1.54, 1.807) is 36.6 Å². The van der Waals surface area contributed by atoms with Crippen molar-refractivity contribution >= 4 is 28.5 Å². The Bertz CT molecular complexity index is 1020. The van der Waals surface area contributed by atoms with E-state index in [1.165, 1.54) is 0 Å². The first-order valence-corrected chi connectivity index (χ1v) is 8.75. The fourth-order valence-corrected chi connectivity index (χ4v) is 2.89. The molecule has 0 aliphatic heterocycles. The van der Waals surface area contributed by atoms with Crippen LogP contribution in [0.15, 0.2) is 59.7 Å². The van der Waals surface area contributed by atoms with Crippen molar-refractivity contribution in [2.24, 2.45) is 0 Å². The third kappa shape index (κ3) is 4.08. The second-order valence-corrected chi connectivity index (χ2v) is 6.46. The minimum atomic E-state index is -0.259. The van der Waals surface area contributed by atoms with Crippen LogP contribution in [-0.2, 0) is 11.2 Å². The fourth-order valence-electron chi connectivity index (χ4n) is 2.89. The van der Waals surface area contributed by atoms with Gasteiger partial charge in [-0.2, -0.15) is 0 Å². The quantitative estimate of drug-likeness (QED) is 0.647. The van der Waals surface area contributed by atoms with Crippen molar-refractivity contribution < 1.29 is 14.0 Å². The maximum absolute atomic E-state index is 12.6. The van der Waals surface area contributed by atoms with Crippen LogP contribution in [0.25, 0.3) is 11.0 Å². The lowest BCUT2D eigenvalue weighted by atomic mass is 10.0. The van der Waals surface area contributed by atoms with Crippen LogP contribution in [0.2, 0.25) is 0 Å². The average Bonchev–Trinajstić information content (AvgIpc) is 3.02. The SMILES string of the molecule is C=CCNC(=O)c1ccccc1NC(=O)Cc1coc2cc(C)c(C)cc12. The zero-order valence-electron chi connectivity index (χ0n) is 15.5. The number of aryl methyl sites for hydroxylation is 2. The second kappa shape index (κ2) is 7.91. The Morgan fingerprint density at radius 3 is 2.67 bits per heavy atom. The molecule has 0 aliphatic carbocycles. The van der Waals surface area contributed by atoms with Gasteiger partial charge in [0.1, 0.15) is 5.58 Å². The maximum Gasteiger partial charge on any atom is 0.253 e. The van der Waals surface area contributed by atoms with E-state index in [0.717, 1.165) is 27.7 Å². The van der Waals surface area contributed by atoms with Gasteiger partial charge in [0.2, 0.25) is 5.91 Å². The number of carbonyl (C=O) groups is 2. The van der Waals surface area contributed by atoms with E-state index in [4.69, 9.17) is 4.42 Å². The smallest absolute Gasteiger partial charge is 0.253 e. The first kappa shape index (κ1) is 18.5. The molecule has 0 atom stereocenters. The highest BCUT2D eigenvalue weighted by Crippen LogP contribution is 2.25. The number of amides is 2. The van der Waals surface area contributed by atoms with Gasteiger partial charge in [-0.3, -0.25) is 9.59 Å². The van der Waals surface area contributed by atoms with Crippen LogP contribution in [0.1, 0.15) is 27.0 Å². The summed E-state index contributed by atoms with van der Waals surface area (Å²) in [7, 11) is 0. The van der Waals surface area contributed by atoms with Crippen molar-refractivity contribution in [3.05, 3.63) is 77.6 Å². The summed E-state index contributed by atoms with van der Waals surface area (Å²) >= 11 is 0. The molecular weight excluding hydrogens is 340 g/mol. The molecule has 2 N–H and O–H groups in total. The predicted molar refractivity (Wildman–Crippen MR) is 107 cm³/mol. The van der Waals surface area contributed by atoms with E-state index < -0.39 is 0 Å². The third-order valence-electron chi connectivity index (χ3n) is 4.47. The van der Waals surface area contributed by atoms with Crippen molar-refractivity contribution in [3.63, 3.8) is 0 Å². The minimum absolute atomic E-state index is 0.165. The van der Waals surface area contributed by atoms with E-state index in [2.05, 4.69) is 17.2 Å². The largest absolute Gasteiger partial charge is 0.464 e. The normalized spacial score (nSPS) is 10.6. The van der Waals surface area contributed by atoms with E-state index >= 15 is 0 Å². The molecule has 3 rings (SSSR count). The summed E-state index contributed by atoms with van der Waals surface area (Å²) in [5.74, 6) is -0.467. The highest BCUT2D eigenvalue weighted by molar-refractivity contribution is 6.04. The summed E-state index contributed by atoms with van der Waals surface area (Å²) in [5, 5.41) is 6.49. The molecular formula is C22H22N2O3. The minimum Gasteiger partial charge on any atom is -0.464 e. The molecule has 1 heterocycles. The van der Waals surface area contributed by atoms with E-state index in [9.17, 15) is 9.59 Å². The molecule has 5 nitrogen and oxygen atoms in total. The van der Waals surface area contributed by atoms with Gasteiger partial charge in [0.15, 0.2) is 0 Å². The van der Waals surface area contributed by atoms with Crippen molar-refractivity contribution in [1.82, 2.24) is 5.32 Å². The van der Waals surface area contributed by atoms with E-state index in [-0.39, 0.29) is 18.2 Å². The molecule has 0 bridgehead atoms. The first-order valence-electron chi connectivity index (χ1n) is 8.75. The van der Waals surface area contributed by atoms with Gasteiger partial charge >= 0.3 is 0 Å². The van der Waals surface area contributed by atoms with Gasteiger partial charge in [-0.1, -0.05) is 18.2 Å². The number of rotatable bonds is 6. The molecule has 0 unspecified atom stereocenters. The number of fused-ring (bicyclic) bond motifs is 1. The topological polar surface area (TPSA) is 71.3 Å². The fraction of sp³-hybridized carbons (Fsp3) is 0.182. The number of carbonyl (C=O) groups excluding carboxylic acids is 2. The van der Waals surface area contributed by atoms with Gasteiger partial charge in [0.25, 0.3) is 5.91 Å². The molecule has 0 saturated carbocycles. The molecule has 0 spiro atoms. The van der Waals surface area contributed by atoms with Crippen molar-refractivity contribution in [1.29, 1.82) is 0 Å². The molecule has 0 radical (unpaired) electrons. The molecule has 0 aliphatic rings. The Morgan fingerprint density at radius 2 is 1.89 bits per heavy atom. The molecule has 2 aromatic carbocycles. The highest BCUT2D eigenvalue weighted by Gasteiger charge is 2.15. The number of benzene rings is 2. The Hall–Kier alpha value is -3.34. The molecule has 3 aromatic rings. The van der Waals surface area contributed by atoms with Crippen LogP contribution in [0.3, 0.4) is 0 Å². The Balaban J connectivity index is 1.78. The maximum atomic E-state index is 12.6. The molecule has 138 valence electrons. The Labute approximate surface area is 158 Å². The molecule has 5 heteroatoms. The van der Waals surface area contributed by atoms with Crippen LogP contribution in [0.4, 0.5) is 5.69 Å². The van der Waals surface area contributed by atoms with Crippen LogP contribution < -0.4 is 10.6 Å². The number of nitrogens with one attached hydrogen (secondary N) is 2. The summed E-state index contributed by atoms with van der Waals surface area (Å²) in [6.07, 6.45) is 3.39. The lowest BCUT2D eigenvalue weighted by molar-refractivity contribution is -0.115.